The fourth-order valence-electron chi connectivity index (χ4n) is 2.59. The Morgan fingerprint density at radius 1 is 1.12 bits per heavy atom. The molecule has 134 valence electrons. The van der Waals surface area contributed by atoms with Crippen LogP contribution in [0.5, 0.6) is 5.75 Å². The summed E-state index contributed by atoms with van der Waals surface area (Å²) in [6, 6.07) is 15.7. The second-order valence-corrected chi connectivity index (χ2v) is 7.08. The van der Waals surface area contributed by atoms with Crippen molar-refractivity contribution in [3.63, 3.8) is 0 Å². The minimum atomic E-state index is 0.0125. The Hall–Kier alpha value is -2.53. The summed E-state index contributed by atoms with van der Waals surface area (Å²) in [6.45, 7) is 4.77. The predicted molar refractivity (Wildman–Crippen MR) is 109 cm³/mol. The number of nitrogens with zero attached hydrogens (tertiary/aromatic N) is 2. The molecule has 2 aromatic carbocycles. The number of aryl methyl sites for hydroxylation is 1. The van der Waals surface area contributed by atoms with Gasteiger partial charge in [0, 0.05) is 6.54 Å². The Morgan fingerprint density at radius 3 is 2.42 bits per heavy atom. The molecule has 1 aliphatic rings. The summed E-state index contributed by atoms with van der Waals surface area (Å²) in [5.74, 6) is 0.810. The minimum Gasteiger partial charge on any atom is -0.497 e. The second-order valence-electron chi connectivity index (χ2n) is 6.07. The van der Waals surface area contributed by atoms with Gasteiger partial charge in [-0.15, -0.1) is 0 Å². The average Bonchev–Trinajstić information content (AvgIpc) is 2.93. The number of benzene rings is 2. The van der Waals surface area contributed by atoms with Crippen LogP contribution in [0.25, 0.3) is 6.08 Å². The SMILES string of the molecule is CCCN1C(=O)/C(=C\c2ccc(OC)cc2)SC1=Nc1ccc(C)cc1. The smallest absolute Gasteiger partial charge is 0.266 e. The maximum Gasteiger partial charge on any atom is 0.266 e. The maximum atomic E-state index is 12.8. The summed E-state index contributed by atoms with van der Waals surface area (Å²) in [4.78, 5) is 20.0. The van der Waals surface area contributed by atoms with E-state index in [-0.39, 0.29) is 5.91 Å². The third-order valence-corrected chi connectivity index (χ3v) is 5.01. The van der Waals surface area contributed by atoms with Gasteiger partial charge in [-0.25, -0.2) is 4.99 Å². The van der Waals surface area contributed by atoms with Crippen LogP contribution in [-0.2, 0) is 4.79 Å². The predicted octanol–water partition coefficient (Wildman–Crippen LogP) is 5.02. The molecule has 26 heavy (non-hydrogen) atoms. The summed E-state index contributed by atoms with van der Waals surface area (Å²) >= 11 is 1.43. The number of amidine groups is 1. The van der Waals surface area contributed by atoms with Crippen molar-refractivity contribution in [2.45, 2.75) is 20.3 Å². The van der Waals surface area contributed by atoms with Crippen LogP contribution in [0.1, 0.15) is 24.5 Å². The van der Waals surface area contributed by atoms with Crippen molar-refractivity contribution in [2.75, 3.05) is 13.7 Å². The van der Waals surface area contributed by atoms with Crippen molar-refractivity contribution in [1.29, 1.82) is 0 Å². The lowest BCUT2D eigenvalue weighted by molar-refractivity contribution is -0.122. The van der Waals surface area contributed by atoms with Gasteiger partial charge in [0.15, 0.2) is 5.17 Å². The van der Waals surface area contributed by atoms with Crippen molar-refractivity contribution in [2.24, 2.45) is 4.99 Å². The maximum absolute atomic E-state index is 12.8. The van der Waals surface area contributed by atoms with Gasteiger partial charge in [0.05, 0.1) is 17.7 Å². The van der Waals surface area contributed by atoms with Gasteiger partial charge in [-0.2, -0.15) is 0 Å². The lowest BCUT2D eigenvalue weighted by Gasteiger charge is -2.13. The molecule has 3 rings (SSSR count). The first kappa shape index (κ1) is 18.3. The van der Waals surface area contributed by atoms with Gasteiger partial charge in [0.25, 0.3) is 5.91 Å². The Morgan fingerprint density at radius 2 is 1.81 bits per heavy atom. The summed E-state index contributed by atoms with van der Waals surface area (Å²) in [7, 11) is 1.64. The molecule has 1 fully saturated rings. The van der Waals surface area contributed by atoms with Crippen LogP contribution >= 0.6 is 11.8 Å². The third-order valence-electron chi connectivity index (χ3n) is 4.01. The van der Waals surface area contributed by atoms with E-state index in [1.165, 1.54) is 17.3 Å². The third kappa shape index (κ3) is 4.17. The molecular formula is C21H22N2O2S. The molecule has 0 aliphatic carbocycles. The van der Waals surface area contributed by atoms with Crippen molar-refractivity contribution in [1.82, 2.24) is 4.90 Å². The van der Waals surface area contributed by atoms with Crippen LogP contribution in [-0.4, -0.2) is 29.6 Å². The minimum absolute atomic E-state index is 0.0125. The van der Waals surface area contributed by atoms with Gasteiger partial charge in [0.2, 0.25) is 0 Å². The molecule has 0 unspecified atom stereocenters. The lowest BCUT2D eigenvalue weighted by atomic mass is 10.2. The normalized spacial score (nSPS) is 17.3. The number of hydrogen-bond donors (Lipinski definition) is 0. The van der Waals surface area contributed by atoms with Crippen molar-refractivity contribution >= 4 is 34.6 Å². The van der Waals surface area contributed by atoms with Gasteiger partial charge in [-0.1, -0.05) is 36.8 Å². The zero-order chi connectivity index (χ0) is 18.5. The number of carbonyl (C=O) groups excluding carboxylic acids is 1. The molecule has 1 saturated heterocycles. The highest BCUT2D eigenvalue weighted by Crippen LogP contribution is 2.34. The Balaban J connectivity index is 1.89. The van der Waals surface area contributed by atoms with E-state index in [0.29, 0.717) is 11.4 Å². The molecule has 1 heterocycles. The van der Waals surface area contributed by atoms with E-state index in [1.54, 1.807) is 12.0 Å². The largest absolute Gasteiger partial charge is 0.497 e. The van der Waals surface area contributed by atoms with Gasteiger partial charge in [-0.05, 0) is 61.0 Å². The first-order valence-corrected chi connectivity index (χ1v) is 9.43. The molecule has 0 saturated carbocycles. The molecule has 1 amide bonds. The van der Waals surface area contributed by atoms with Crippen molar-refractivity contribution in [3.8, 4) is 5.75 Å². The number of methoxy groups -OCH3 is 1. The first-order valence-electron chi connectivity index (χ1n) is 8.61. The molecule has 0 aromatic heterocycles. The highest BCUT2D eigenvalue weighted by atomic mass is 32.2. The number of rotatable bonds is 5. The first-order chi connectivity index (χ1) is 12.6. The Kier molecular flexibility index (Phi) is 5.78. The quantitative estimate of drug-likeness (QED) is 0.698. The van der Waals surface area contributed by atoms with Crippen LogP contribution in [0.15, 0.2) is 58.4 Å². The van der Waals surface area contributed by atoms with Crippen molar-refractivity contribution < 1.29 is 9.53 Å². The van der Waals surface area contributed by atoms with Crippen molar-refractivity contribution in [3.05, 3.63) is 64.6 Å². The lowest BCUT2D eigenvalue weighted by Crippen LogP contribution is -2.29. The summed E-state index contributed by atoms with van der Waals surface area (Å²) in [5.41, 5.74) is 3.02. The molecule has 0 atom stereocenters. The van der Waals surface area contributed by atoms with E-state index in [0.717, 1.165) is 28.6 Å². The van der Waals surface area contributed by atoms with E-state index < -0.39 is 0 Å². The van der Waals surface area contributed by atoms with Crippen LogP contribution in [0.4, 0.5) is 5.69 Å². The van der Waals surface area contributed by atoms with E-state index >= 15 is 0 Å². The van der Waals surface area contributed by atoms with Gasteiger partial charge >= 0.3 is 0 Å². The van der Waals surface area contributed by atoms with Crippen LogP contribution in [0.3, 0.4) is 0 Å². The molecule has 5 heteroatoms. The number of hydrogen-bond acceptors (Lipinski definition) is 4. The monoisotopic (exact) mass is 366 g/mol. The van der Waals surface area contributed by atoms with E-state index in [2.05, 4.69) is 6.92 Å². The fourth-order valence-corrected chi connectivity index (χ4v) is 3.62. The number of amides is 1. The highest BCUT2D eigenvalue weighted by Gasteiger charge is 2.32. The average molecular weight is 366 g/mol. The van der Waals surface area contributed by atoms with E-state index in [9.17, 15) is 4.79 Å². The molecule has 0 bridgehead atoms. The highest BCUT2D eigenvalue weighted by molar-refractivity contribution is 8.18. The second kappa shape index (κ2) is 8.23. The van der Waals surface area contributed by atoms with Gasteiger partial charge in [-0.3, -0.25) is 9.69 Å². The summed E-state index contributed by atoms with van der Waals surface area (Å²) in [6.07, 6.45) is 2.79. The summed E-state index contributed by atoms with van der Waals surface area (Å²) in [5, 5.41) is 0.737. The number of ether oxygens (including phenoxy) is 1. The Bertz CT molecular complexity index is 839. The molecular weight excluding hydrogens is 344 g/mol. The van der Waals surface area contributed by atoms with Gasteiger partial charge in [0.1, 0.15) is 5.75 Å². The van der Waals surface area contributed by atoms with E-state index in [4.69, 9.17) is 9.73 Å². The van der Waals surface area contributed by atoms with Crippen LogP contribution < -0.4 is 4.74 Å². The fraction of sp³-hybridized carbons (Fsp3) is 0.238. The number of thioether (sulfide) groups is 1. The zero-order valence-corrected chi connectivity index (χ0v) is 16.0. The Labute approximate surface area is 158 Å². The number of carbonyl (C=O) groups is 1. The molecule has 4 nitrogen and oxygen atoms in total. The van der Waals surface area contributed by atoms with Crippen LogP contribution in [0.2, 0.25) is 0 Å². The molecule has 0 N–H and O–H groups in total. The standard InChI is InChI=1S/C21H22N2O2S/c1-4-13-23-20(24)19(14-16-7-11-18(25-3)12-8-16)26-21(23)22-17-9-5-15(2)6-10-17/h5-12,14H,4,13H2,1-3H3/b19-14+,22-21?. The summed E-state index contributed by atoms with van der Waals surface area (Å²) < 4.78 is 5.18. The van der Waals surface area contributed by atoms with E-state index in [1.807, 2.05) is 61.5 Å². The van der Waals surface area contributed by atoms with Crippen LogP contribution in [0, 0.1) is 6.92 Å². The zero-order valence-electron chi connectivity index (χ0n) is 15.2. The molecule has 0 spiro atoms. The topological polar surface area (TPSA) is 41.9 Å². The number of aliphatic imine (C=N–C) groups is 1. The van der Waals surface area contributed by atoms with Gasteiger partial charge < -0.3 is 4.74 Å². The molecule has 1 aliphatic heterocycles. The molecule has 0 radical (unpaired) electrons. The molecule has 2 aromatic rings.